The molecule has 2 aromatic rings. The molecule has 0 spiro atoms. The van der Waals surface area contributed by atoms with Crippen LogP contribution in [-0.2, 0) is 6.42 Å². The number of nitrogens with zero attached hydrogens (tertiary/aromatic N) is 3. The summed E-state index contributed by atoms with van der Waals surface area (Å²) in [5.74, 6) is -0.784. The fraction of sp³-hybridized carbons (Fsp3) is 0.125. The maximum absolute atomic E-state index is 12.0. The van der Waals surface area contributed by atoms with Crippen molar-refractivity contribution in [1.82, 2.24) is 5.43 Å². The van der Waals surface area contributed by atoms with Crippen molar-refractivity contribution in [3.05, 3.63) is 79.4 Å². The minimum Gasteiger partial charge on any atom is -0.267 e. The van der Waals surface area contributed by atoms with Crippen LogP contribution in [0.1, 0.15) is 28.4 Å². The first-order valence-corrected chi connectivity index (χ1v) is 7.27. The van der Waals surface area contributed by atoms with Crippen LogP contribution >= 0.6 is 0 Å². The molecule has 0 aliphatic heterocycles. The quantitative estimate of drug-likeness (QED) is 0.490. The fourth-order valence-electron chi connectivity index (χ4n) is 2.01. The van der Waals surface area contributed by atoms with E-state index < -0.39 is 27.1 Å². The predicted molar refractivity (Wildman–Crippen MR) is 90.6 cm³/mol. The van der Waals surface area contributed by atoms with E-state index in [0.29, 0.717) is 0 Å². The number of amides is 1. The van der Waals surface area contributed by atoms with Gasteiger partial charge in [-0.3, -0.25) is 25.0 Å². The van der Waals surface area contributed by atoms with Crippen molar-refractivity contribution >= 4 is 23.5 Å². The van der Waals surface area contributed by atoms with Gasteiger partial charge in [-0.25, -0.2) is 5.43 Å². The number of nitro benzene ring substituents is 2. The van der Waals surface area contributed by atoms with E-state index in [4.69, 9.17) is 0 Å². The van der Waals surface area contributed by atoms with E-state index in [0.717, 1.165) is 35.7 Å². The summed E-state index contributed by atoms with van der Waals surface area (Å²) in [4.78, 5) is 32.1. The van der Waals surface area contributed by atoms with Crippen molar-refractivity contribution in [2.45, 2.75) is 13.3 Å². The smallest absolute Gasteiger partial charge is 0.267 e. The number of non-ortho nitro benzene ring substituents is 2. The molecule has 9 nitrogen and oxygen atoms in total. The van der Waals surface area contributed by atoms with Gasteiger partial charge in [0.15, 0.2) is 0 Å². The Balaban J connectivity index is 2.15. The molecule has 0 heterocycles. The van der Waals surface area contributed by atoms with Crippen LogP contribution in [0.4, 0.5) is 11.4 Å². The van der Waals surface area contributed by atoms with Crippen molar-refractivity contribution in [2.75, 3.05) is 0 Å². The molecule has 0 aliphatic rings. The lowest BCUT2D eigenvalue weighted by Crippen LogP contribution is -2.18. The number of benzene rings is 2. The van der Waals surface area contributed by atoms with Gasteiger partial charge >= 0.3 is 0 Å². The number of hydrazone groups is 1. The number of carbonyl (C=O) groups excluding carboxylic acids is 1. The zero-order chi connectivity index (χ0) is 18.4. The highest BCUT2D eigenvalue weighted by Crippen LogP contribution is 2.22. The second-order valence-corrected chi connectivity index (χ2v) is 5.05. The zero-order valence-corrected chi connectivity index (χ0v) is 13.2. The Bertz CT molecular complexity index is 814. The van der Waals surface area contributed by atoms with Gasteiger partial charge in [0.2, 0.25) is 0 Å². The van der Waals surface area contributed by atoms with E-state index in [1.165, 1.54) is 6.21 Å². The van der Waals surface area contributed by atoms with Crippen molar-refractivity contribution in [2.24, 2.45) is 5.10 Å². The van der Waals surface area contributed by atoms with E-state index in [1.54, 1.807) is 0 Å². The van der Waals surface area contributed by atoms with E-state index in [2.05, 4.69) is 10.5 Å². The molecule has 25 heavy (non-hydrogen) atoms. The van der Waals surface area contributed by atoms with Crippen molar-refractivity contribution in [3.63, 3.8) is 0 Å². The molecule has 0 aliphatic carbocycles. The van der Waals surface area contributed by atoms with Crippen molar-refractivity contribution in [1.29, 1.82) is 0 Å². The Labute approximate surface area is 142 Å². The Morgan fingerprint density at radius 2 is 1.64 bits per heavy atom. The second kappa shape index (κ2) is 7.77. The maximum Gasteiger partial charge on any atom is 0.277 e. The first-order chi connectivity index (χ1) is 11.9. The number of hydrogen-bond donors (Lipinski definition) is 1. The topological polar surface area (TPSA) is 128 Å². The van der Waals surface area contributed by atoms with E-state index >= 15 is 0 Å². The first-order valence-electron chi connectivity index (χ1n) is 7.27. The molecule has 1 amide bonds. The fourth-order valence-corrected chi connectivity index (χ4v) is 2.01. The van der Waals surface area contributed by atoms with Gasteiger partial charge in [-0.15, -0.1) is 0 Å². The molecule has 128 valence electrons. The summed E-state index contributed by atoms with van der Waals surface area (Å²) in [7, 11) is 0. The molecule has 0 saturated heterocycles. The third-order valence-electron chi connectivity index (χ3n) is 3.35. The lowest BCUT2D eigenvalue weighted by Gasteiger charge is -2.01. The van der Waals surface area contributed by atoms with Crippen molar-refractivity contribution in [3.8, 4) is 0 Å². The standard InChI is InChI=1S/C16H14N4O5/c1-2-11-3-5-12(6-4-11)10-17-18-16(21)13-7-14(19(22)23)9-15(8-13)20(24)25/h3-10H,2H2,1H3,(H,18,21)/b17-10+. The molecule has 2 aromatic carbocycles. The molecule has 0 unspecified atom stereocenters. The van der Waals surface area contributed by atoms with Crippen LogP contribution in [0.3, 0.4) is 0 Å². The summed E-state index contributed by atoms with van der Waals surface area (Å²) < 4.78 is 0. The monoisotopic (exact) mass is 342 g/mol. The van der Waals surface area contributed by atoms with Crippen LogP contribution in [0.15, 0.2) is 47.6 Å². The zero-order valence-electron chi connectivity index (χ0n) is 13.2. The average molecular weight is 342 g/mol. The van der Waals surface area contributed by atoms with Gasteiger partial charge in [0.25, 0.3) is 17.3 Å². The third kappa shape index (κ3) is 4.67. The summed E-state index contributed by atoms with van der Waals surface area (Å²) in [6.45, 7) is 2.03. The number of rotatable bonds is 6. The van der Waals surface area contributed by atoms with Gasteiger partial charge < -0.3 is 0 Å². The Hall–Kier alpha value is -3.62. The highest BCUT2D eigenvalue weighted by molar-refractivity contribution is 5.96. The van der Waals surface area contributed by atoms with E-state index in [-0.39, 0.29) is 5.56 Å². The Kier molecular flexibility index (Phi) is 5.51. The van der Waals surface area contributed by atoms with Gasteiger partial charge in [-0.05, 0) is 17.5 Å². The molecular weight excluding hydrogens is 328 g/mol. The molecule has 0 saturated carbocycles. The van der Waals surface area contributed by atoms with E-state index in [9.17, 15) is 25.0 Å². The maximum atomic E-state index is 12.0. The molecule has 0 atom stereocenters. The van der Waals surface area contributed by atoms with Crippen LogP contribution in [-0.4, -0.2) is 22.0 Å². The largest absolute Gasteiger partial charge is 0.277 e. The summed E-state index contributed by atoms with van der Waals surface area (Å²) >= 11 is 0. The number of aryl methyl sites for hydroxylation is 1. The van der Waals surface area contributed by atoms with Crippen molar-refractivity contribution < 1.29 is 14.6 Å². The van der Waals surface area contributed by atoms with Crippen LogP contribution in [0.25, 0.3) is 0 Å². The predicted octanol–water partition coefficient (Wildman–Crippen LogP) is 2.83. The summed E-state index contributed by atoms with van der Waals surface area (Å²) in [6, 6.07) is 10.2. The average Bonchev–Trinajstić information content (AvgIpc) is 2.61. The normalized spacial score (nSPS) is 10.6. The number of nitrogens with one attached hydrogen (secondary N) is 1. The minimum atomic E-state index is -0.803. The van der Waals surface area contributed by atoms with Crippen LogP contribution in [0, 0.1) is 20.2 Å². The first kappa shape index (κ1) is 17.7. The van der Waals surface area contributed by atoms with Crippen LogP contribution in [0.5, 0.6) is 0 Å². The SMILES string of the molecule is CCc1ccc(/C=N/NC(=O)c2cc([N+](=O)[O-])cc([N+](=O)[O-])c2)cc1. The molecule has 0 fully saturated rings. The summed E-state index contributed by atoms with van der Waals surface area (Å²) in [5.41, 5.74) is 2.79. The summed E-state index contributed by atoms with van der Waals surface area (Å²) in [6.07, 6.45) is 2.31. The summed E-state index contributed by atoms with van der Waals surface area (Å²) in [5, 5.41) is 25.4. The Morgan fingerprint density at radius 3 is 2.12 bits per heavy atom. The van der Waals surface area contributed by atoms with Crippen LogP contribution < -0.4 is 5.43 Å². The number of nitro groups is 2. The van der Waals surface area contributed by atoms with Gasteiger partial charge in [0, 0.05) is 12.1 Å². The second-order valence-electron chi connectivity index (χ2n) is 5.05. The van der Waals surface area contributed by atoms with Gasteiger partial charge in [0.05, 0.1) is 27.7 Å². The number of carbonyl (C=O) groups is 1. The number of hydrogen-bond acceptors (Lipinski definition) is 6. The molecule has 9 heteroatoms. The van der Waals surface area contributed by atoms with Crippen LogP contribution in [0.2, 0.25) is 0 Å². The lowest BCUT2D eigenvalue weighted by atomic mass is 10.1. The molecule has 0 bridgehead atoms. The lowest BCUT2D eigenvalue weighted by molar-refractivity contribution is -0.394. The van der Waals surface area contributed by atoms with Gasteiger partial charge in [-0.2, -0.15) is 5.10 Å². The molecule has 2 rings (SSSR count). The van der Waals surface area contributed by atoms with E-state index in [1.807, 2.05) is 31.2 Å². The molecular formula is C16H14N4O5. The van der Waals surface area contributed by atoms with Gasteiger partial charge in [0.1, 0.15) is 0 Å². The third-order valence-corrected chi connectivity index (χ3v) is 3.35. The highest BCUT2D eigenvalue weighted by Gasteiger charge is 2.19. The molecule has 1 N–H and O–H groups in total. The highest BCUT2D eigenvalue weighted by atomic mass is 16.6. The van der Waals surface area contributed by atoms with Gasteiger partial charge in [-0.1, -0.05) is 31.2 Å². The molecule has 0 aromatic heterocycles. The Morgan fingerprint density at radius 1 is 1.08 bits per heavy atom. The molecule has 0 radical (unpaired) electrons. The minimum absolute atomic E-state index is 0.223.